The first-order chi connectivity index (χ1) is 8.58. The minimum atomic E-state index is 0.146. The molecule has 2 rings (SSSR count). The van der Waals surface area contributed by atoms with E-state index in [0.29, 0.717) is 0 Å². The van der Waals surface area contributed by atoms with Crippen LogP contribution in [0.3, 0.4) is 0 Å². The highest BCUT2D eigenvalue weighted by Gasteiger charge is 2.27. The quantitative estimate of drug-likeness (QED) is 0.904. The zero-order valence-electron chi connectivity index (χ0n) is 11.0. The van der Waals surface area contributed by atoms with Gasteiger partial charge in [0.1, 0.15) is 5.76 Å². The predicted molar refractivity (Wildman–Crippen MR) is 74.6 cm³/mol. The van der Waals surface area contributed by atoms with E-state index in [0.717, 1.165) is 49.8 Å². The fourth-order valence-corrected chi connectivity index (χ4v) is 2.56. The molecule has 4 nitrogen and oxygen atoms in total. The van der Waals surface area contributed by atoms with Crippen LogP contribution in [0, 0.1) is 0 Å². The topological polar surface area (TPSA) is 37.6 Å². The van der Waals surface area contributed by atoms with E-state index in [2.05, 4.69) is 40.0 Å². The highest BCUT2D eigenvalue weighted by Crippen LogP contribution is 2.16. The number of ether oxygens (including phenoxy) is 1. The van der Waals surface area contributed by atoms with Crippen molar-refractivity contribution in [1.29, 1.82) is 0 Å². The SMILES string of the molecule is CC(C)(CNCc1ccc(Br)o1)N1CCOCC1. The number of rotatable bonds is 5. The third kappa shape index (κ3) is 3.82. The Labute approximate surface area is 117 Å². The summed E-state index contributed by atoms with van der Waals surface area (Å²) in [5.74, 6) is 0.958. The van der Waals surface area contributed by atoms with Crippen molar-refractivity contribution < 1.29 is 9.15 Å². The molecule has 1 N–H and O–H groups in total. The standard InChI is InChI=1S/C13H21BrN2O2/c1-13(2,16-5-7-17-8-6-16)10-15-9-11-3-4-12(14)18-11/h3-4,15H,5-10H2,1-2H3. The molecule has 1 aliphatic rings. The number of furan rings is 1. The average Bonchev–Trinajstić information content (AvgIpc) is 2.76. The fourth-order valence-electron chi connectivity index (χ4n) is 2.22. The molecule has 0 amide bonds. The summed E-state index contributed by atoms with van der Waals surface area (Å²) in [6, 6.07) is 3.91. The van der Waals surface area contributed by atoms with Gasteiger partial charge >= 0.3 is 0 Å². The predicted octanol–water partition coefficient (Wildman–Crippen LogP) is 2.24. The van der Waals surface area contributed by atoms with E-state index in [1.54, 1.807) is 0 Å². The Hall–Kier alpha value is -0.360. The summed E-state index contributed by atoms with van der Waals surface area (Å²) in [6.45, 7) is 9.95. The smallest absolute Gasteiger partial charge is 0.169 e. The van der Waals surface area contributed by atoms with Crippen molar-refractivity contribution >= 4 is 15.9 Å². The molecule has 0 saturated carbocycles. The molecule has 1 fully saturated rings. The van der Waals surface area contributed by atoms with Crippen molar-refractivity contribution in [3.05, 3.63) is 22.6 Å². The van der Waals surface area contributed by atoms with Gasteiger partial charge in [-0.05, 0) is 41.9 Å². The normalized spacial score (nSPS) is 18.2. The summed E-state index contributed by atoms with van der Waals surface area (Å²) >= 11 is 3.31. The van der Waals surface area contributed by atoms with Crippen LogP contribution >= 0.6 is 15.9 Å². The van der Waals surface area contributed by atoms with Gasteiger partial charge in [-0.2, -0.15) is 0 Å². The lowest BCUT2D eigenvalue weighted by Crippen LogP contribution is -2.54. The lowest BCUT2D eigenvalue weighted by molar-refractivity contribution is -0.00977. The highest BCUT2D eigenvalue weighted by atomic mass is 79.9. The molecule has 2 heterocycles. The number of hydrogen-bond acceptors (Lipinski definition) is 4. The van der Waals surface area contributed by atoms with Gasteiger partial charge in [-0.25, -0.2) is 0 Å². The van der Waals surface area contributed by atoms with Gasteiger partial charge in [-0.3, -0.25) is 4.90 Å². The van der Waals surface area contributed by atoms with Gasteiger partial charge in [0.25, 0.3) is 0 Å². The molecule has 0 unspecified atom stereocenters. The Kier molecular flexibility index (Phi) is 4.84. The zero-order chi connectivity index (χ0) is 13.0. The van der Waals surface area contributed by atoms with Gasteiger partial charge in [0.2, 0.25) is 0 Å². The van der Waals surface area contributed by atoms with Crippen molar-refractivity contribution in [3.63, 3.8) is 0 Å². The lowest BCUT2D eigenvalue weighted by atomic mass is 10.0. The molecule has 0 bridgehead atoms. The molecule has 18 heavy (non-hydrogen) atoms. The fraction of sp³-hybridized carbons (Fsp3) is 0.692. The van der Waals surface area contributed by atoms with Crippen LogP contribution in [0.25, 0.3) is 0 Å². The first-order valence-electron chi connectivity index (χ1n) is 6.36. The van der Waals surface area contributed by atoms with Crippen LogP contribution in [0.1, 0.15) is 19.6 Å². The number of morpholine rings is 1. The van der Waals surface area contributed by atoms with Crippen molar-refractivity contribution in [2.75, 3.05) is 32.8 Å². The summed E-state index contributed by atoms with van der Waals surface area (Å²) in [5.41, 5.74) is 0.146. The summed E-state index contributed by atoms with van der Waals surface area (Å²) in [5, 5.41) is 3.46. The van der Waals surface area contributed by atoms with E-state index in [1.165, 1.54) is 0 Å². The summed E-state index contributed by atoms with van der Waals surface area (Å²) in [6.07, 6.45) is 0. The van der Waals surface area contributed by atoms with E-state index >= 15 is 0 Å². The molecule has 102 valence electrons. The lowest BCUT2D eigenvalue weighted by Gasteiger charge is -2.41. The summed E-state index contributed by atoms with van der Waals surface area (Å²) < 4.78 is 11.6. The Morgan fingerprint density at radius 2 is 2.06 bits per heavy atom. The number of nitrogens with one attached hydrogen (secondary N) is 1. The average molecular weight is 317 g/mol. The first-order valence-corrected chi connectivity index (χ1v) is 7.15. The van der Waals surface area contributed by atoms with Gasteiger partial charge < -0.3 is 14.5 Å². The van der Waals surface area contributed by atoms with Gasteiger partial charge in [-0.1, -0.05) is 0 Å². The highest BCUT2D eigenvalue weighted by molar-refractivity contribution is 9.10. The third-order valence-electron chi connectivity index (χ3n) is 3.35. The minimum absolute atomic E-state index is 0.146. The molecular formula is C13H21BrN2O2. The summed E-state index contributed by atoms with van der Waals surface area (Å²) in [4.78, 5) is 2.47. The molecule has 0 atom stereocenters. The Balaban J connectivity index is 1.77. The van der Waals surface area contributed by atoms with Crippen LogP contribution < -0.4 is 5.32 Å². The molecule has 5 heteroatoms. The van der Waals surface area contributed by atoms with Crippen LogP contribution in [0.5, 0.6) is 0 Å². The van der Waals surface area contributed by atoms with Crippen LogP contribution in [-0.4, -0.2) is 43.3 Å². The third-order valence-corrected chi connectivity index (χ3v) is 3.78. The molecule has 1 aliphatic heterocycles. The Bertz CT molecular complexity index is 373. The zero-order valence-corrected chi connectivity index (χ0v) is 12.6. The van der Waals surface area contributed by atoms with Crippen LogP contribution in [0.15, 0.2) is 21.2 Å². The van der Waals surface area contributed by atoms with Crippen molar-refractivity contribution in [3.8, 4) is 0 Å². The monoisotopic (exact) mass is 316 g/mol. The minimum Gasteiger partial charge on any atom is -0.453 e. The number of nitrogens with zero attached hydrogens (tertiary/aromatic N) is 1. The molecule has 1 aromatic heterocycles. The number of hydrogen-bond donors (Lipinski definition) is 1. The van der Waals surface area contributed by atoms with Crippen LogP contribution in [-0.2, 0) is 11.3 Å². The van der Waals surface area contributed by atoms with E-state index in [-0.39, 0.29) is 5.54 Å². The molecule has 0 radical (unpaired) electrons. The van der Waals surface area contributed by atoms with Gasteiger partial charge in [0, 0.05) is 25.2 Å². The number of halogens is 1. The second-order valence-corrected chi connectivity index (χ2v) is 6.00. The van der Waals surface area contributed by atoms with E-state index < -0.39 is 0 Å². The maximum Gasteiger partial charge on any atom is 0.169 e. The first kappa shape index (κ1) is 14.1. The van der Waals surface area contributed by atoms with Crippen molar-refractivity contribution in [1.82, 2.24) is 10.2 Å². The van der Waals surface area contributed by atoms with Crippen molar-refractivity contribution in [2.24, 2.45) is 0 Å². The molecule has 1 saturated heterocycles. The second-order valence-electron chi connectivity index (χ2n) is 5.22. The Morgan fingerprint density at radius 3 is 2.67 bits per heavy atom. The van der Waals surface area contributed by atoms with E-state index in [4.69, 9.17) is 9.15 Å². The molecule has 1 aromatic rings. The largest absolute Gasteiger partial charge is 0.453 e. The van der Waals surface area contributed by atoms with Gasteiger partial charge in [0.05, 0.1) is 19.8 Å². The van der Waals surface area contributed by atoms with Gasteiger partial charge in [-0.15, -0.1) is 0 Å². The van der Waals surface area contributed by atoms with Crippen LogP contribution in [0.2, 0.25) is 0 Å². The molecular weight excluding hydrogens is 296 g/mol. The maximum atomic E-state index is 5.46. The van der Waals surface area contributed by atoms with Crippen LogP contribution in [0.4, 0.5) is 0 Å². The summed E-state index contributed by atoms with van der Waals surface area (Å²) in [7, 11) is 0. The molecule has 0 spiro atoms. The van der Waals surface area contributed by atoms with Gasteiger partial charge in [0.15, 0.2) is 4.67 Å². The molecule has 0 aliphatic carbocycles. The van der Waals surface area contributed by atoms with Crippen molar-refractivity contribution in [2.45, 2.75) is 25.9 Å². The maximum absolute atomic E-state index is 5.46. The molecule has 0 aromatic carbocycles. The van der Waals surface area contributed by atoms with E-state index in [9.17, 15) is 0 Å². The van der Waals surface area contributed by atoms with E-state index in [1.807, 2.05) is 12.1 Å². The second kappa shape index (κ2) is 6.19. The Morgan fingerprint density at radius 1 is 1.33 bits per heavy atom.